The minimum Gasteiger partial charge on any atom is -0.497 e. The molecule has 4 rings (SSSR count). The molecule has 3 heterocycles. The van der Waals surface area contributed by atoms with Crippen molar-refractivity contribution in [3.05, 3.63) is 62.6 Å². The van der Waals surface area contributed by atoms with Gasteiger partial charge in [-0.05, 0) is 30.2 Å². The van der Waals surface area contributed by atoms with Crippen molar-refractivity contribution in [3.8, 4) is 5.75 Å². The molecule has 5 N–H and O–H groups in total. The van der Waals surface area contributed by atoms with E-state index in [0.717, 1.165) is 26.8 Å². The predicted octanol–water partition coefficient (Wildman–Crippen LogP) is 0.0273. The Balaban J connectivity index is 1.59. The molecule has 0 atom stereocenters. The number of aliphatic imine (C=N–C) groups is 1. The van der Waals surface area contributed by atoms with E-state index in [9.17, 15) is 9.59 Å². The molecule has 0 aliphatic carbocycles. The first kappa shape index (κ1) is 20.9. The summed E-state index contributed by atoms with van der Waals surface area (Å²) in [5.74, 6) is 1.05. The maximum absolute atomic E-state index is 12.1. The molecule has 0 aliphatic heterocycles. The van der Waals surface area contributed by atoms with Crippen molar-refractivity contribution < 1.29 is 4.74 Å². The number of hydrogen-bond donors (Lipinski definition) is 3. The summed E-state index contributed by atoms with van der Waals surface area (Å²) in [7, 11) is 4.50. The van der Waals surface area contributed by atoms with Gasteiger partial charge in [-0.1, -0.05) is 5.21 Å². The quantitative estimate of drug-likeness (QED) is 0.283. The number of rotatable bonds is 6. The summed E-state index contributed by atoms with van der Waals surface area (Å²) in [5, 5.41) is 9.15. The number of aryl methyl sites for hydroxylation is 2. The second-order valence-electron chi connectivity index (χ2n) is 7.26. The average molecular weight is 437 g/mol. The zero-order valence-corrected chi connectivity index (χ0v) is 17.9. The highest BCUT2D eigenvalue weighted by atomic mass is 16.5. The molecule has 1 aromatic carbocycles. The van der Waals surface area contributed by atoms with Gasteiger partial charge in [-0.2, -0.15) is 0 Å². The number of nitrogens with two attached hydrogens (primary N) is 2. The van der Waals surface area contributed by atoms with Gasteiger partial charge >= 0.3 is 5.69 Å². The lowest BCUT2D eigenvalue weighted by Crippen LogP contribution is -2.36. The summed E-state index contributed by atoms with van der Waals surface area (Å²) in [5.41, 5.74) is 13.5. The van der Waals surface area contributed by atoms with E-state index in [-0.39, 0.29) is 23.2 Å². The van der Waals surface area contributed by atoms with Gasteiger partial charge in [-0.25, -0.2) is 14.5 Å². The SMILES string of the molecule is COc1ccc2[nH]cc(CCn3nnc(C(N)=Nc4cc(=O)n(C)c(=O)n4C)c3N)c2c1. The van der Waals surface area contributed by atoms with Crippen molar-refractivity contribution in [2.24, 2.45) is 24.8 Å². The Kier molecular flexibility index (Phi) is 5.26. The minimum atomic E-state index is -0.518. The van der Waals surface area contributed by atoms with Crippen LogP contribution in [0.2, 0.25) is 0 Å². The number of hydrogen-bond acceptors (Lipinski definition) is 7. The molecule has 12 heteroatoms. The molecular formula is C20H23N9O3. The predicted molar refractivity (Wildman–Crippen MR) is 120 cm³/mol. The Morgan fingerprint density at radius 1 is 1.22 bits per heavy atom. The fourth-order valence-electron chi connectivity index (χ4n) is 3.39. The molecule has 0 aliphatic rings. The van der Waals surface area contributed by atoms with Crippen LogP contribution in [-0.2, 0) is 27.1 Å². The number of nitrogens with zero attached hydrogens (tertiary/aromatic N) is 6. The third-order valence-electron chi connectivity index (χ3n) is 5.32. The van der Waals surface area contributed by atoms with Crippen LogP contribution < -0.4 is 27.5 Å². The van der Waals surface area contributed by atoms with Gasteiger partial charge < -0.3 is 21.2 Å². The monoisotopic (exact) mass is 437 g/mol. The summed E-state index contributed by atoms with van der Waals surface area (Å²) in [6.07, 6.45) is 2.57. The first-order chi connectivity index (χ1) is 15.3. The fourth-order valence-corrected chi connectivity index (χ4v) is 3.39. The van der Waals surface area contributed by atoms with Crippen LogP contribution in [0.3, 0.4) is 0 Å². The van der Waals surface area contributed by atoms with E-state index < -0.39 is 11.2 Å². The Hall–Kier alpha value is -4.35. The van der Waals surface area contributed by atoms with Gasteiger partial charge in [0.2, 0.25) is 0 Å². The maximum Gasteiger partial charge on any atom is 0.332 e. The van der Waals surface area contributed by atoms with Gasteiger partial charge in [0.05, 0.1) is 7.11 Å². The lowest BCUT2D eigenvalue weighted by molar-refractivity contribution is 0.415. The summed E-state index contributed by atoms with van der Waals surface area (Å²) in [6, 6.07) is 7.03. The zero-order valence-electron chi connectivity index (χ0n) is 17.9. The van der Waals surface area contributed by atoms with E-state index in [1.54, 1.807) is 7.11 Å². The van der Waals surface area contributed by atoms with E-state index in [1.807, 2.05) is 24.4 Å². The largest absolute Gasteiger partial charge is 0.497 e. The number of fused-ring (bicyclic) bond motifs is 1. The van der Waals surface area contributed by atoms with Crippen LogP contribution in [0.1, 0.15) is 11.3 Å². The lowest BCUT2D eigenvalue weighted by Gasteiger charge is -2.06. The van der Waals surface area contributed by atoms with Gasteiger partial charge in [0.15, 0.2) is 17.3 Å². The highest BCUT2D eigenvalue weighted by Gasteiger charge is 2.15. The Bertz CT molecular complexity index is 1460. The van der Waals surface area contributed by atoms with Gasteiger partial charge in [0.1, 0.15) is 11.6 Å². The van der Waals surface area contributed by atoms with Gasteiger partial charge in [-0.3, -0.25) is 13.9 Å². The number of benzene rings is 1. The normalized spacial score (nSPS) is 11.9. The number of amidine groups is 1. The number of anilines is 1. The smallest absolute Gasteiger partial charge is 0.332 e. The molecule has 0 spiro atoms. The second-order valence-corrected chi connectivity index (χ2v) is 7.26. The summed E-state index contributed by atoms with van der Waals surface area (Å²) < 4.78 is 9.01. The van der Waals surface area contributed by atoms with Crippen LogP contribution >= 0.6 is 0 Å². The van der Waals surface area contributed by atoms with E-state index in [2.05, 4.69) is 20.3 Å². The Labute approximate surface area is 181 Å². The molecule has 0 bridgehead atoms. The first-order valence-corrected chi connectivity index (χ1v) is 9.74. The standard InChI is InChI=1S/C20H23N9O3/c1-27-15(9-16(30)28(2)20(27)31)24-18(21)17-19(22)29(26-25-17)7-6-11-10-23-14-5-4-12(32-3)8-13(11)14/h4-5,8-10,23H,6-7,22H2,1-3H3,(H2,21,24). The lowest BCUT2D eigenvalue weighted by atomic mass is 10.1. The van der Waals surface area contributed by atoms with Crippen molar-refractivity contribution in [3.63, 3.8) is 0 Å². The number of methoxy groups -OCH3 is 1. The maximum atomic E-state index is 12.1. The molecule has 0 amide bonds. The van der Waals surface area contributed by atoms with Crippen LogP contribution in [-0.4, -0.2) is 42.1 Å². The Morgan fingerprint density at radius 2 is 2.00 bits per heavy atom. The van der Waals surface area contributed by atoms with Crippen LogP contribution in [0.25, 0.3) is 10.9 Å². The molecule has 12 nitrogen and oxygen atoms in total. The van der Waals surface area contributed by atoms with Crippen LogP contribution in [0.15, 0.2) is 45.0 Å². The third kappa shape index (κ3) is 3.62. The van der Waals surface area contributed by atoms with Gasteiger partial charge in [-0.15, -0.1) is 5.10 Å². The molecule has 166 valence electrons. The first-order valence-electron chi connectivity index (χ1n) is 9.74. The molecule has 0 radical (unpaired) electrons. The molecular weight excluding hydrogens is 414 g/mol. The van der Waals surface area contributed by atoms with E-state index in [4.69, 9.17) is 16.2 Å². The summed E-state index contributed by atoms with van der Waals surface area (Å²) in [6.45, 7) is 0.459. The molecule has 3 aromatic heterocycles. The number of nitrogens with one attached hydrogen (secondary N) is 1. The van der Waals surface area contributed by atoms with Crippen LogP contribution in [0, 0.1) is 0 Å². The van der Waals surface area contributed by atoms with E-state index in [0.29, 0.717) is 13.0 Å². The highest BCUT2D eigenvalue weighted by Crippen LogP contribution is 2.24. The van der Waals surface area contributed by atoms with Crippen LogP contribution in [0.4, 0.5) is 11.6 Å². The minimum absolute atomic E-state index is 0.0474. The summed E-state index contributed by atoms with van der Waals surface area (Å²) in [4.78, 5) is 31.4. The van der Waals surface area contributed by atoms with Crippen molar-refractivity contribution in [1.82, 2.24) is 29.1 Å². The van der Waals surface area contributed by atoms with Crippen LogP contribution in [0.5, 0.6) is 5.75 Å². The second kappa shape index (κ2) is 8.06. The number of H-pyrrole nitrogens is 1. The molecule has 0 fully saturated rings. The number of ether oxygens (including phenoxy) is 1. The van der Waals surface area contributed by atoms with Crippen molar-refractivity contribution >= 4 is 28.4 Å². The number of aromatic nitrogens is 6. The van der Waals surface area contributed by atoms with E-state index >= 15 is 0 Å². The van der Waals surface area contributed by atoms with Crippen molar-refractivity contribution in [2.45, 2.75) is 13.0 Å². The number of aromatic amines is 1. The third-order valence-corrected chi connectivity index (χ3v) is 5.32. The topological polar surface area (TPSA) is 164 Å². The molecule has 32 heavy (non-hydrogen) atoms. The highest BCUT2D eigenvalue weighted by molar-refractivity contribution is 6.00. The van der Waals surface area contributed by atoms with Gasteiger partial charge in [0.25, 0.3) is 5.56 Å². The van der Waals surface area contributed by atoms with Gasteiger partial charge in [0, 0.05) is 43.8 Å². The van der Waals surface area contributed by atoms with E-state index in [1.165, 1.54) is 29.4 Å². The molecule has 0 saturated heterocycles. The van der Waals surface area contributed by atoms with Crippen molar-refractivity contribution in [1.29, 1.82) is 0 Å². The van der Waals surface area contributed by atoms with Crippen molar-refractivity contribution in [2.75, 3.05) is 12.8 Å². The zero-order chi connectivity index (χ0) is 23.0. The Morgan fingerprint density at radius 3 is 2.75 bits per heavy atom. The summed E-state index contributed by atoms with van der Waals surface area (Å²) >= 11 is 0. The molecule has 0 saturated carbocycles. The average Bonchev–Trinajstić information content (AvgIpc) is 3.36. The number of nitrogen functional groups attached to an aromatic ring is 1. The molecule has 4 aromatic rings. The molecule has 0 unspecified atom stereocenters. The fraction of sp³-hybridized carbons (Fsp3) is 0.250.